The van der Waals surface area contributed by atoms with E-state index in [1.807, 2.05) is 0 Å². The molecule has 4 aromatic rings. The van der Waals surface area contributed by atoms with Crippen molar-refractivity contribution in [2.45, 2.75) is 13.5 Å². The van der Waals surface area contributed by atoms with E-state index in [9.17, 15) is 9.18 Å². The van der Waals surface area contributed by atoms with Crippen LogP contribution in [-0.2, 0) is 11.3 Å². The molecule has 4 rings (SSSR count). The molecular weight excluding hydrogens is 433 g/mol. The number of hydrogen-bond donors (Lipinski definition) is 0. The van der Waals surface area contributed by atoms with Crippen LogP contribution in [0, 0.1) is 5.82 Å². The van der Waals surface area contributed by atoms with Gasteiger partial charge in [0.25, 0.3) is 0 Å². The van der Waals surface area contributed by atoms with Crippen molar-refractivity contribution < 1.29 is 23.2 Å². The van der Waals surface area contributed by atoms with Gasteiger partial charge in [0.2, 0.25) is 0 Å². The van der Waals surface area contributed by atoms with Crippen molar-refractivity contribution in [3.8, 4) is 28.2 Å². The van der Waals surface area contributed by atoms with E-state index < -0.39 is 5.97 Å². The summed E-state index contributed by atoms with van der Waals surface area (Å²) in [5.74, 6) is 0.157. The highest BCUT2D eigenvalue weighted by atomic mass is 35.5. The van der Waals surface area contributed by atoms with Gasteiger partial charge in [-0.15, -0.1) is 0 Å². The number of hydrogen-bond acceptors (Lipinski definition) is 5. The lowest BCUT2D eigenvalue weighted by Gasteiger charge is -2.08. The zero-order valence-electron chi connectivity index (χ0n) is 17.2. The van der Waals surface area contributed by atoms with Crippen molar-refractivity contribution in [2.75, 3.05) is 6.61 Å². The van der Waals surface area contributed by atoms with Crippen LogP contribution in [-0.4, -0.2) is 17.7 Å². The van der Waals surface area contributed by atoms with Crippen molar-refractivity contribution in [1.82, 2.24) is 5.16 Å². The maximum atomic E-state index is 13.3. The van der Waals surface area contributed by atoms with Crippen LogP contribution in [0.5, 0.6) is 5.75 Å². The highest BCUT2D eigenvalue weighted by Crippen LogP contribution is 2.36. The average molecular weight is 452 g/mol. The molecule has 0 saturated heterocycles. The van der Waals surface area contributed by atoms with Crippen molar-refractivity contribution in [3.63, 3.8) is 0 Å². The number of carbonyl (C=O) groups excluding carboxylic acids is 1. The van der Waals surface area contributed by atoms with Gasteiger partial charge in [0.05, 0.1) is 12.2 Å². The summed E-state index contributed by atoms with van der Waals surface area (Å²) in [4.78, 5) is 12.4. The first-order chi connectivity index (χ1) is 15.5. The summed E-state index contributed by atoms with van der Waals surface area (Å²) in [7, 11) is 0. The van der Waals surface area contributed by atoms with Gasteiger partial charge in [-0.05, 0) is 66.6 Å². The molecule has 0 aliphatic carbocycles. The van der Waals surface area contributed by atoms with Gasteiger partial charge in [-0.25, -0.2) is 9.18 Å². The van der Waals surface area contributed by atoms with Gasteiger partial charge >= 0.3 is 5.97 Å². The van der Waals surface area contributed by atoms with Gasteiger partial charge < -0.3 is 14.0 Å². The lowest BCUT2D eigenvalue weighted by atomic mass is 9.99. The molecule has 0 spiro atoms. The van der Waals surface area contributed by atoms with Crippen LogP contribution in [0.3, 0.4) is 0 Å². The molecule has 0 aliphatic heterocycles. The first-order valence-electron chi connectivity index (χ1n) is 9.95. The molecule has 5 nitrogen and oxygen atoms in total. The molecule has 0 saturated carbocycles. The Kier molecular flexibility index (Phi) is 6.52. The Bertz CT molecular complexity index is 1220. The fraction of sp³-hybridized carbons (Fsp3) is 0.120. The van der Waals surface area contributed by atoms with Gasteiger partial charge in [-0.3, -0.25) is 0 Å². The van der Waals surface area contributed by atoms with Crippen molar-refractivity contribution in [2.24, 2.45) is 0 Å². The maximum absolute atomic E-state index is 13.3. The molecule has 0 bridgehead atoms. The van der Waals surface area contributed by atoms with Crippen molar-refractivity contribution in [3.05, 3.63) is 94.9 Å². The van der Waals surface area contributed by atoms with Gasteiger partial charge in [0, 0.05) is 10.6 Å². The smallest absolute Gasteiger partial charge is 0.361 e. The first kappa shape index (κ1) is 21.6. The quantitative estimate of drug-likeness (QED) is 0.298. The number of halogens is 2. The second-order valence-electron chi connectivity index (χ2n) is 6.91. The van der Waals surface area contributed by atoms with Crippen molar-refractivity contribution >= 4 is 17.6 Å². The molecule has 0 fully saturated rings. The maximum Gasteiger partial charge on any atom is 0.361 e. The summed E-state index contributed by atoms with van der Waals surface area (Å²) in [6.45, 7) is 2.18. The van der Waals surface area contributed by atoms with Crippen LogP contribution in [0.25, 0.3) is 22.5 Å². The topological polar surface area (TPSA) is 61.6 Å². The minimum absolute atomic E-state index is 0.0932. The summed E-state index contributed by atoms with van der Waals surface area (Å²) in [5, 5.41) is 4.54. The van der Waals surface area contributed by atoms with Crippen molar-refractivity contribution in [1.29, 1.82) is 0 Å². The molecule has 0 amide bonds. The van der Waals surface area contributed by atoms with E-state index >= 15 is 0 Å². The molecule has 0 radical (unpaired) electrons. The highest BCUT2D eigenvalue weighted by Gasteiger charge is 2.25. The number of esters is 1. The molecule has 0 aliphatic rings. The Morgan fingerprint density at radius 1 is 1.03 bits per heavy atom. The molecule has 7 heteroatoms. The van der Waals surface area contributed by atoms with E-state index in [1.54, 1.807) is 67.6 Å². The molecule has 0 unspecified atom stereocenters. The lowest BCUT2D eigenvalue weighted by Crippen LogP contribution is -2.06. The SMILES string of the molecule is CCOC(=O)c1noc(-c2ccc(OCc3cccc(F)c3)cc2)c1-c1ccc(Cl)cc1. The molecule has 0 atom stereocenters. The van der Waals surface area contributed by atoms with Crippen LogP contribution >= 0.6 is 11.6 Å². The highest BCUT2D eigenvalue weighted by molar-refractivity contribution is 6.30. The summed E-state index contributed by atoms with van der Waals surface area (Å²) in [6, 6.07) is 20.4. The normalized spacial score (nSPS) is 10.7. The molecule has 0 N–H and O–H groups in total. The predicted molar refractivity (Wildman–Crippen MR) is 119 cm³/mol. The first-order valence-corrected chi connectivity index (χ1v) is 10.3. The van der Waals surface area contributed by atoms with Crippen LogP contribution in [0.15, 0.2) is 77.3 Å². The molecule has 32 heavy (non-hydrogen) atoms. The average Bonchev–Trinajstić information content (AvgIpc) is 3.24. The summed E-state index contributed by atoms with van der Waals surface area (Å²) >= 11 is 6.02. The zero-order chi connectivity index (χ0) is 22.5. The van der Waals surface area contributed by atoms with Crippen LogP contribution in [0.1, 0.15) is 23.0 Å². The molecule has 162 valence electrons. The zero-order valence-corrected chi connectivity index (χ0v) is 17.9. The predicted octanol–water partition coefficient (Wildman–Crippen LogP) is 6.56. The minimum Gasteiger partial charge on any atom is -0.489 e. The van der Waals surface area contributed by atoms with E-state index in [2.05, 4.69) is 5.16 Å². The third-order valence-electron chi connectivity index (χ3n) is 4.70. The third-order valence-corrected chi connectivity index (χ3v) is 4.96. The third kappa shape index (κ3) is 4.81. The number of rotatable bonds is 7. The Balaban J connectivity index is 1.62. The Hall–Kier alpha value is -3.64. The molecular formula is C25H19ClFNO4. The van der Waals surface area contributed by atoms with Gasteiger partial charge in [-0.2, -0.15) is 0 Å². The van der Waals surface area contributed by atoms with E-state index in [1.165, 1.54) is 12.1 Å². The Morgan fingerprint density at radius 2 is 1.75 bits per heavy atom. The molecule has 3 aromatic carbocycles. The molecule has 1 aromatic heterocycles. The Labute approximate surface area is 189 Å². The van der Waals surface area contributed by atoms with Gasteiger partial charge in [0.15, 0.2) is 11.5 Å². The number of aromatic nitrogens is 1. The number of ether oxygens (including phenoxy) is 2. The van der Waals surface area contributed by atoms with Crippen LogP contribution < -0.4 is 4.74 Å². The minimum atomic E-state index is -0.567. The van der Waals surface area contributed by atoms with Gasteiger partial charge in [-0.1, -0.05) is 41.0 Å². The lowest BCUT2D eigenvalue weighted by molar-refractivity contribution is 0.0515. The van der Waals surface area contributed by atoms with Gasteiger partial charge in [0.1, 0.15) is 18.2 Å². The van der Waals surface area contributed by atoms with Crippen LogP contribution in [0.2, 0.25) is 5.02 Å². The standard InChI is InChI=1S/C25H19ClFNO4/c1-2-30-25(29)23-22(17-6-10-19(26)11-7-17)24(32-28-23)18-8-12-21(13-9-18)31-15-16-4-3-5-20(27)14-16/h3-14H,2,15H2,1H3. The second kappa shape index (κ2) is 9.66. The summed E-state index contributed by atoms with van der Waals surface area (Å²) in [5.41, 5.74) is 2.77. The number of nitrogens with zero attached hydrogens (tertiary/aromatic N) is 1. The Morgan fingerprint density at radius 3 is 2.44 bits per heavy atom. The van der Waals surface area contributed by atoms with E-state index in [4.69, 9.17) is 25.6 Å². The van der Waals surface area contributed by atoms with E-state index in [0.29, 0.717) is 27.7 Å². The monoisotopic (exact) mass is 451 g/mol. The number of carbonyl (C=O) groups is 1. The summed E-state index contributed by atoms with van der Waals surface area (Å²) < 4.78 is 29.7. The van der Waals surface area contributed by atoms with Crippen LogP contribution in [0.4, 0.5) is 4.39 Å². The summed E-state index contributed by atoms with van der Waals surface area (Å²) in [6.07, 6.45) is 0. The fourth-order valence-electron chi connectivity index (χ4n) is 3.21. The van der Waals surface area contributed by atoms with E-state index in [0.717, 1.165) is 11.1 Å². The second-order valence-corrected chi connectivity index (χ2v) is 7.34. The number of benzene rings is 3. The van der Waals surface area contributed by atoms with E-state index in [-0.39, 0.29) is 24.7 Å². The largest absolute Gasteiger partial charge is 0.489 e. The fourth-order valence-corrected chi connectivity index (χ4v) is 3.33. The molecule has 1 heterocycles.